The van der Waals surface area contributed by atoms with Crippen LogP contribution in [-0.4, -0.2) is 88.3 Å². The summed E-state index contributed by atoms with van der Waals surface area (Å²) in [6, 6.07) is 12.3. The monoisotopic (exact) mass is 655 g/mol. The number of benzene rings is 1. The molecule has 1 saturated heterocycles. The molecule has 3 rings (SSSR count). The highest BCUT2D eigenvalue weighted by atomic mass is 16.6. The van der Waals surface area contributed by atoms with E-state index in [0.29, 0.717) is 26.2 Å². The molecule has 13 nitrogen and oxygen atoms in total. The molecule has 2 heterocycles. The van der Waals surface area contributed by atoms with Crippen LogP contribution in [-0.2, 0) is 32.2 Å². The number of pyridine rings is 1. The molecular weight excluding hydrogens is 606 g/mol. The maximum atomic E-state index is 13.1. The minimum Gasteiger partial charge on any atom is -0.483 e. The van der Waals surface area contributed by atoms with E-state index in [9.17, 15) is 24.0 Å². The molecule has 4 amide bonds. The van der Waals surface area contributed by atoms with E-state index in [1.54, 1.807) is 69.7 Å². The lowest BCUT2D eigenvalue weighted by Gasteiger charge is -2.35. The normalized spacial score (nSPS) is 14.2. The lowest BCUT2D eigenvalue weighted by molar-refractivity contribution is -0.139. The quantitative estimate of drug-likeness (QED) is 0.352. The van der Waals surface area contributed by atoms with E-state index < -0.39 is 29.4 Å². The number of alkyl carbamates (subject to hydrolysis) is 2. The largest absolute Gasteiger partial charge is 0.483 e. The summed E-state index contributed by atoms with van der Waals surface area (Å²) in [4.78, 5) is 66.9. The van der Waals surface area contributed by atoms with Gasteiger partial charge in [-0.3, -0.25) is 14.4 Å². The number of carbonyl (C=O) groups excluding carboxylic acids is 4. The van der Waals surface area contributed by atoms with Gasteiger partial charge in [-0.05, 0) is 65.7 Å². The van der Waals surface area contributed by atoms with E-state index in [4.69, 9.17) is 14.2 Å². The Kier molecular flexibility index (Phi) is 13.2. The number of carbonyl (C=O) groups is 4. The number of nitrogens with zero attached hydrogens (tertiary/aromatic N) is 3. The minimum atomic E-state index is -0.711. The summed E-state index contributed by atoms with van der Waals surface area (Å²) < 4.78 is 17.8. The summed E-state index contributed by atoms with van der Waals surface area (Å²) in [7, 11) is 0. The predicted octanol–water partition coefficient (Wildman–Crippen LogP) is 3.69. The van der Waals surface area contributed by atoms with Gasteiger partial charge in [-0.1, -0.05) is 30.3 Å². The molecule has 1 aromatic heterocycles. The first-order chi connectivity index (χ1) is 22.1. The average molecular weight is 656 g/mol. The van der Waals surface area contributed by atoms with Gasteiger partial charge in [0.1, 0.15) is 17.8 Å². The van der Waals surface area contributed by atoms with Crippen LogP contribution in [0.3, 0.4) is 0 Å². The molecule has 2 N–H and O–H groups in total. The molecule has 1 aliphatic heterocycles. The van der Waals surface area contributed by atoms with Crippen molar-refractivity contribution in [1.29, 1.82) is 0 Å². The second-order valence-corrected chi connectivity index (χ2v) is 13.4. The molecule has 258 valence electrons. The third-order valence-electron chi connectivity index (χ3n) is 7.09. The van der Waals surface area contributed by atoms with Crippen LogP contribution < -0.4 is 20.9 Å². The molecule has 1 aliphatic rings. The van der Waals surface area contributed by atoms with Crippen LogP contribution in [0.5, 0.6) is 5.75 Å². The van der Waals surface area contributed by atoms with Crippen molar-refractivity contribution >= 4 is 24.0 Å². The van der Waals surface area contributed by atoms with Crippen molar-refractivity contribution < 1.29 is 33.4 Å². The molecule has 1 unspecified atom stereocenters. The number of aromatic nitrogens is 1. The van der Waals surface area contributed by atoms with E-state index in [1.807, 2.05) is 30.3 Å². The molecule has 0 saturated carbocycles. The number of piperazine rings is 1. The Morgan fingerprint density at radius 2 is 1.36 bits per heavy atom. The van der Waals surface area contributed by atoms with Gasteiger partial charge in [0.25, 0.3) is 5.56 Å². The van der Waals surface area contributed by atoms with Crippen molar-refractivity contribution in [3.8, 4) is 5.75 Å². The molecule has 0 bridgehead atoms. The molecule has 0 radical (unpaired) electrons. The molecule has 47 heavy (non-hydrogen) atoms. The van der Waals surface area contributed by atoms with Crippen LogP contribution in [0.2, 0.25) is 0 Å². The Bertz CT molecular complexity index is 1410. The van der Waals surface area contributed by atoms with Gasteiger partial charge < -0.3 is 39.2 Å². The summed E-state index contributed by atoms with van der Waals surface area (Å²) in [5, 5.41) is 5.38. The molecule has 1 fully saturated rings. The second-order valence-electron chi connectivity index (χ2n) is 13.4. The van der Waals surface area contributed by atoms with E-state index in [0.717, 1.165) is 5.56 Å². The molecule has 1 atom stereocenters. The lowest BCUT2D eigenvalue weighted by Crippen LogP contribution is -2.51. The number of hydrogen-bond acceptors (Lipinski definition) is 8. The van der Waals surface area contributed by atoms with Crippen molar-refractivity contribution in [3.63, 3.8) is 0 Å². The minimum absolute atomic E-state index is 0.0505. The highest BCUT2D eigenvalue weighted by molar-refractivity contribution is 5.78. The lowest BCUT2D eigenvalue weighted by atomic mass is 10.1. The number of nitrogens with one attached hydrogen (secondary N) is 2. The fraction of sp³-hybridized carbons (Fsp3) is 0.559. The van der Waals surface area contributed by atoms with Crippen LogP contribution in [0, 0.1) is 0 Å². The van der Waals surface area contributed by atoms with Gasteiger partial charge >= 0.3 is 12.2 Å². The van der Waals surface area contributed by atoms with Crippen LogP contribution in [0.25, 0.3) is 0 Å². The molecule has 13 heteroatoms. The Morgan fingerprint density at radius 3 is 1.96 bits per heavy atom. The average Bonchev–Trinajstić information content (AvgIpc) is 2.99. The van der Waals surface area contributed by atoms with E-state index in [1.165, 1.54) is 4.57 Å². The van der Waals surface area contributed by atoms with Gasteiger partial charge in [0, 0.05) is 58.3 Å². The Labute approximate surface area is 276 Å². The summed E-state index contributed by atoms with van der Waals surface area (Å²) >= 11 is 0. The zero-order valence-corrected chi connectivity index (χ0v) is 28.4. The van der Waals surface area contributed by atoms with Crippen molar-refractivity contribution in [1.82, 2.24) is 25.0 Å². The molecule has 0 spiro atoms. The topological polar surface area (TPSA) is 149 Å². The van der Waals surface area contributed by atoms with Crippen LogP contribution in [0.1, 0.15) is 66.4 Å². The van der Waals surface area contributed by atoms with Crippen molar-refractivity contribution in [2.24, 2.45) is 0 Å². The standard InChI is InChI=1S/C34H49N5O8/c1-33(2,3)46-31(43)35-23-26(36-32(44)47-34(4,5)6)14-15-28(40)37-19-21-38(22-20-37)29(41)16-18-39-17-10-13-27(30(39)42)45-24-25-11-8-7-9-12-25/h7-13,17,26H,14-16,18-24H2,1-6H3,(H,35,43)(H,36,44). The van der Waals surface area contributed by atoms with E-state index in [-0.39, 0.29) is 62.1 Å². The molecule has 2 aromatic rings. The molecular formula is C34H49N5O8. The van der Waals surface area contributed by atoms with Crippen molar-refractivity contribution in [2.75, 3.05) is 32.7 Å². The SMILES string of the molecule is CC(C)(C)OC(=O)NCC(CCC(=O)N1CCN(C(=O)CCn2cccc(OCc3ccccc3)c2=O)CC1)NC(=O)OC(C)(C)C. The highest BCUT2D eigenvalue weighted by Crippen LogP contribution is 2.12. The van der Waals surface area contributed by atoms with E-state index >= 15 is 0 Å². The fourth-order valence-corrected chi connectivity index (χ4v) is 4.79. The first kappa shape index (κ1) is 36.9. The number of amides is 4. The van der Waals surface area contributed by atoms with Crippen LogP contribution in [0.4, 0.5) is 9.59 Å². The van der Waals surface area contributed by atoms with Crippen LogP contribution in [0.15, 0.2) is 53.5 Å². The Hall–Kier alpha value is -4.55. The number of ether oxygens (including phenoxy) is 3. The number of aryl methyl sites for hydroxylation is 1. The summed E-state index contributed by atoms with van der Waals surface area (Å²) in [5.74, 6) is -0.00115. The van der Waals surface area contributed by atoms with Gasteiger partial charge in [0.15, 0.2) is 5.75 Å². The van der Waals surface area contributed by atoms with Crippen molar-refractivity contribution in [3.05, 3.63) is 64.6 Å². The maximum Gasteiger partial charge on any atom is 0.407 e. The highest BCUT2D eigenvalue weighted by Gasteiger charge is 2.26. The Balaban J connectivity index is 1.46. The Morgan fingerprint density at radius 1 is 0.787 bits per heavy atom. The summed E-state index contributed by atoms with van der Waals surface area (Å²) in [6.07, 6.45) is 0.872. The van der Waals surface area contributed by atoms with Crippen LogP contribution >= 0.6 is 0 Å². The molecule has 1 aromatic carbocycles. The maximum absolute atomic E-state index is 13.1. The summed E-state index contributed by atoms with van der Waals surface area (Å²) in [5.41, 5.74) is -0.745. The van der Waals surface area contributed by atoms with Gasteiger partial charge in [0.05, 0.1) is 6.04 Å². The zero-order chi connectivity index (χ0) is 34.6. The fourth-order valence-electron chi connectivity index (χ4n) is 4.79. The third kappa shape index (κ3) is 13.4. The molecule has 0 aliphatic carbocycles. The first-order valence-electron chi connectivity index (χ1n) is 16.0. The smallest absolute Gasteiger partial charge is 0.407 e. The third-order valence-corrected chi connectivity index (χ3v) is 7.09. The number of hydrogen-bond donors (Lipinski definition) is 2. The second kappa shape index (κ2) is 16.8. The van der Waals surface area contributed by atoms with Gasteiger partial charge in [-0.2, -0.15) is 0 Å². The van der Waals surface area contributed by atoms with Gasteiger partial charge in [-0.25, -0.2) is 9.59 Å². The first-order valence-corrected chi connectivity index (χ1v) is 16.0. The van der Waals surface area contributed by atoms with Crippen molar-refractivity contribution in [2.45, 2.75) is 91.2 Å². The number of rotatable bonds is 12. The summed E-state index contributed by atoms with van der Waals surface area (Å²) in [6.45, 7) is 12.5. The van der Waals surface area contributed by atoms with Gasteiger partial charge in [0.2, 0.25) is 11.8 Å². The van der Waals surface area contributed by atoms with E-state index in [2.05, 4.69) is 10.6 Å². The van der Waals surface area contributed by atoms with Gasteiger partial charge in [-0.15, -0.1) is 0 Å². The predicted molar refractivity (Wildman–Crippen MR) is 176 cm³/mol. The zero-order valence-electron chi connectivity index (χ0n) is 28.4.